The maximum atomic E-state index is 12.9. The third-order valence-corrected chi connectivity index (χ3v) is 2.38. The zero-order valence-corrected chi connectivity index (χ0v) is 9.82. The fraction of sp³-hybridized carbons (Fsp3) is 0.500. The molecule has 1 aromatic carbocycles. The topological polar surface area (TPSA) is 12.0 Å². The van der Waals surface area contributed by atoms with Crippen LogP contribution in [0.1, 0.15) is 18.9 Å². The van der Waals surface area contributed by atoms with E-state index in [1.165, 1.54) is 0 Å². The van der Waals surface area contributed by atoms with Gasteiger partial charge in [0.1, 0.15) is 11.6 Å². The standard InChI is InChI=1S/C12H14F5N/c1-2-18-11(7-12(15,16)17)5-8-3-9(13)6-10(14)4-8/h3-4,6,11,18H,2,5,7H2,1H3. The van der Waals surface area contributed by atoms with Crippen molar-refractivity contribution in [3.63, 3.8) is 0 Å². The van der Waals surface area contributed by atoms with E-state index in [1.54, 1.807) is 6.92 Å². The summed E-state index contributed by atoms with van der Waals surface area (Å²) < 4.78 is 62.7. The molecule has 1 atom stereocenters. The second-order valence-corrected chi connectivity index (χ2v) is 4.06. The van der Waals surface area contributed by atoms with Crippen LogP contribution in [0.4, 0.5) is 22.0 Å². The van der Waals surface area contributed by atoms with E-state index in [9.17, 15) is 22.0 Å². The minimum absolute atomic E-state index is 0.0674. The van der Waals surface area contributed by atoms with Crippen LogP contribution in [0.3, 0.4) is 0 Å². The zero-order chi connectivity index (χ0) is 13.8. The molecule has 0 aromatic heterocycles. The molecule has 0 amide bonds. The van der Waals surface area contributed by atoms with Crippen LogP contribution in [0.2, 0.25) is 0 Å². The van der Waals surface area contributed by atoms with Crippen molar-refractivity contribution in [3.05, 3.63) is 35.4 Å². The van der Waals surface area contributed by atoms with Crippen molar-refractivity contribution >= 4 is 0 Å². The summed E-state index contributed by atoms with van der Waals surface area (Å²) in [6, 6.07) is 1.90. The van der Waals surface area contributed by atoms with Crippen LogP contribution in [0.15, 0.2) is 18.2 Å². The van der Waals surface area contributed by atoms with E-state index in [0.29, 0.717) is 12.6 Å². The SMILES string of the molecule is CCNC(Cc1cc(F)cc(F)c1)CC(F)(F)F. The molecule has 1 N–H and O–H groups in total. The first-order valence-corrected chi connectivity index (χ1v) is 5.55. The summed E-state index contributed by atoms with van der Waals surface area (Å²) in [4.78, 5) is 0. The Labute approximate surface area is 102 Å². The van der Waals surface area contributed by atoms with Gasteiger partial charge in [-0.1, -0.05) is 6.92 Å². The summed E-state index contributed by atoms with van der Waals surface area (Å²) in [5.41, 5.74) is 0.211. The van der Waals surface area contributed by atoms with Gasteiger partial charge in [-0.15, -0.1) is 0 Å². The van der Waals surface area contributed by atoms with Crippen LogP contribution in [0, 0.1) is 11.6 Å². The number of hydrogen-bond donors (Lipinski definition) is 1. The summed E-state index contributed by atoms with van der Waals surface area (Å²) >= 11 is 0. The summed E-state index contributed by atoms with van der Waals surface area (Å²) in [5.74, 6) is -1.57. The predicted molar refractivity (Wildman–Crippen MR) is 58.2 cm³/mol. The minimum atomic E-state index is -4.31. The number of hydrogen-bond acceptors (Lipinski definition) is 1. The molecule has 0 spiro atoms. The highest BCUT2D eigenvalue weighted by Gasteiger charge is 2.31. The average Bonchev–Trinajstić information content (AvgIpc) is 2.12. The monoisotopic (exact) mass is 267 g/mol. The first kappa shape index (κ1) is 14.9. The van der Waals surface area contributed by atoms with E-state index in [4.69, 9.17) is 0 Å². The fourth-order valence-electron chi connectivity index (χ4n) is 1.80. The quantitative estimate of drug-likeness (QED) is 0.806. The molecule has 18 heavy (non-hydrogen) atoms. The van der Waals surface area contributed by atoms with Gasteiger partial charge in [-0.25, -0.2) is 8.78 Å². The number of likely N-dealkylation sites (N-methyl/N-ethyl adjacent to an activating group) is 1. The molecule has 1 unspecified atom stereocenters. The van der Waals surface area contributed by atoms with Gasteiger partial charge in [0.05, 0.1) is 6.42 Å². The highest BCUT2D eigenvalue weighted by atomic mass is 19.4. The van der Waals surface area contributed by atoms with Gasteiger partial charge in [0.15, 0.2) is 0 Å². The molecule has 0 fully saturated rings. The molecule has 0 bridgehead atoms. The second kappa shape index (κ2) is 6.13. The lowest BCUT2D eigenvalue weighted by atomic mass is 10.0. The molecule has 0 aliphatic carbocycles. The Kier molecular flexibility index (Phi) is 5.07. The van der Waals surface area contributed by atoms with Gasteiger partial charge >= 0.3 is 6.18 Å². The Morgan fingerprint density at radius 1 is 1.11 bits per heavy atom. The third-order valence-electron chi connectivity index (χ3n) is 2.38. The highest BCUT2D eigenvalue weighted by Crippen LogP contribution is 2.23. The Morgan fingerprint density at radius 2 is 1.67 bits per heavy atom. The van der Waals surface area contributed by atoms with Gasteiger partial charge in [0, 0.05) is 12.1 Å². The predicted octanol–water partition coefficient (Wildman–Crippen LogP) is 3.44. The lowest BCUT2D eigenvalue weighted by molar-refractivity contribution is -0.139. The number of halogens is 5. The van der Waals surface area contributed by atoms with E-state index >= 15 is 0 Å². The van der Waals surface area contributed by atoms with Crippen LogP contribution in [-0.2, 0) is 6.42 Å². The van der Waals surface area contributed by atoms with E-state index in [2.05, 4.69) is 5.32 Å². The molecule has 6 heteroatoms. The fourth-order valence-corrected chi connectivity index (χ4v) is 1.80. The van der Waals surface area contributed by atoms with Gasteiger partial charge in [0.2, 0.25) is 0 Å². The molecule has 1 nitrogen and oxygen atoms in total. The van der Waals surface area contributed by atoms with E-state index < -0.39 is 30.3 Å². The van der Waals surface area contributed by atoms with Crippen LogP contribution in [-0.4, -0.2) is 18.8 Å². The molecule has 102 valence electrons. The maximum Gasteiger partial charge on any atom is 0.390 e. The van der Waals surface area contributed by atoms with E-state index in [-0.39, 0.29) is 12.0 Å². The van der Waals surface area contributed by atoms with Crippen LogP contribution >= 0.6 is 0 Å². The Morgan fingerprint density at radius 3 is 2.11 bits per heavy atom. The lowest BCUT2D eigenvalue weighted by Crippen LogP contribution is -2.35. The van der Waals surface area contributed by atoms with Gasteiger partial charge in [-0.2, -0.15) is 13.2 Å². The summed E-state index contributed by atoms with van der Waals surface area (Å²) in [6.45, 7) is 2.04. The zero-order valence-electron chi connectivity index (χ0n) is 9.82. The summed E-state index contributed by atoms with van der Waals surface area (Å²) in [6.07, 6.45) is -5.40. The smallest absolute Gasteiger partial charge is 0.314 e. The normalized spacial score (nSPS) is 13.7. The highest BCUT2D eigenvalue weighted by molar-refractivity contribution is 5.19. The van der Waals surface area contributed by atoms with Crippen molar-refractivity contribution in [2.75, 3.05) is 6.54 Å². The Bertz CT molecular complexity index is 368. The Balaban J connectivity index is 2.76. The molecule has 0 heterocycles. The van der Waals surface area contributed by atoms with Crippen LogP contribution < -0.4 is 5.32 Å². The molecule has 0 saturated carbocycles. The average molecular weight is 267 g/mol. The van der Waals surface area contributed by atoms with Crippen LogP contribution in [0.5, 0.6) is 0 Å². The first-order chi connectivity index (χ1) is 8.30. The molecule has 0 saturated heterocycles. The number of nitrogens with one attached hydrogen (secondary N) is 1. The van der Waals surface area contributed by atoms with Gasteiger partial charge in [-0.05, 0) is 30.7 Å². The van der Waals surface area contributed by atoms with E-state index in [1.807, 2.05) is 0 Å². The van der Waals surface area contributed by atoms with Crippen LogP contribution in [0.25, 0.3) is 0 Å². The van der Waals surface area contributed by atoms with Crippen molar-refractivity contribution in [2.45, 2.75) is 32.0 Å². The third kappa shape index (κ3) is 5.44. The number of rotatable bonds is 5. The Hall–Kier alpha value is -1.17. The van der Waals surface area contributed by atoms with Crippen molar-refractivity contribution in [3.8, 4) is 0 Å². The molecular weight excluding hydrogens is 253 g/mol. The van der Waals surface area contributed by atoms with Crippen molar-refractivity contribution in [1.82, 2.24) is 5.32 Å². The van der Waals surface area contributed by atoms with Gasteiger partial charge < -0.3 is 5.32 Å². The molecule has 1 aromatic rings. The maximum absolute atomic E-state index is 12.9. The van der Waals surface area contributed by atoms with E-state index in [0.717, 1.165) is 12.1 Å². The minimum Gasteiger partial charge on any atom is -0.314 e. The van der Waals surface area contributed by atoms with Crippen molar-refractivity contribution in [2.24, 2.45) is 0 Å². The summed E-state index contributed by atoms with van der Waals surface area (Å²) in [5, 5.41) is 2.66. The lowest BCUT2D eigenvalue weighted by Gasteiger charge is -2.19. The van der Waals surface area contributed by atoms with Crippen molar-refractivity contribution in [1.29, 1.82) is 0 Å². The largest absolute Gasteiger partial charge is 0.390 e. The van der Waals surface area contributed by atoms with Gasteiger partial charge in [0.25, 0.3) is 0 Å². The molecule has 0 aliphatic heterocycles. The van der Waals surface area contributed by atoms with Gasteiger partial charge in [-0.3, -0.25) is 0 Å². The number of benzene rings is 1. The molecule has 1 rings (SSSR count). The number of alkyl halides is 3. The molecule has 0 aliphatic rings. The molecular formula is C12H14F5N. The summed E-state index contributed by atoms with van der Waals surface area (Å²) in [7, 11) is 0. The van der Waals surface area contributed by atoms with Crippen molar-refractivity contribution < 1.29 is 22.0 Å². The first-order valence-electron chi connectivity index (χ1n) is 5.55. The second-order valence-electron chi connectivity index (χ2n) is 4.06. The molecule has 0 radical (unpaired) electrons.